The lowest BCUT2D eigenvalue weighted by atomic mass is 9.65. The number of aliphatic carboxylic acids is 1. The Kier molecular flexibility index (Phi) is 6.79. The van der Waals surface area contributed by atoms with E-state index >= 15 is 0 Å². The molecule has 8 heteroatoms. The molecule has 1 aromatic rings. The molecule has 0 aliphatic carbocycles. The molecule has 170 valence electrons. The molecule has 2 aliphatic heterocycles. The van der Waals surface area contributed by atoms with Gasteiger partial charge in [0.2, 0.25) is 0 Å². The summed E-state index contributed by atoms with van der Waals surface area (Å²) in [5.74, 6) is -2.51. The molecular weight excluding hydrogens is 402 g/mol. The minimum atomic E-state index is -1.02. The van der Waals surface area contributed by atoms with Crippen molar-refractivity contribution in [3.05, 3.63) is 35.0 Å². The van der Waals surface area contributed by atoms with E-state index in [4.69, 9.17) is 18.9 Å². The highest BCUT2D eigenvalue weighted by Gasteiger charge is 2.53. The first-order chi connectivity index (χ1) is 14.8. The summed E-state index contributed by atoms with van der Waals surface area (Å²) in [6.45, 7) is 4.33. The van der Waals surface area contributed by atoms with Crippen LogP contribution < -0.4 is 14.8 Å². The maximum atomic E-state index is 12.8. The molecule has 4 unspecified atom stereocenters. The zero-order valence-electron chi connectivity index (χ0n) is 18.7. The van der Waals surface area contributed by atoms with Crippen LogP contribution in [0.2, 0.25) is 0 Å². The number of nitrogens with one attached hydrogen (secondary N) is 1. The van der Waals surface area contributed by atoms with Crippen molar-refractivity contribution in [1.29, 1.82) is 0 Å². The molecule has 4 atom stereocenters. The lowest BCUT2D eigenvalue weighted by molar-refractivity contribution is -0.147. The van der Waals surface area contributed by atoms with Crippen LogP contribution in [0.3, 0.4) is 0 Å². The fraction of sp³-hybridized carbons (Fsp3) is 0.565. The Morgan fingerprint density at radius 2 is 2.00 bits per heavy atom. The van der Waals surface area contributed by atoms with Gasteiger partial charge < -0.3 is 29.4 Å². The second-order valence-corrected chi connectivity index (χ2v) is 8.29. The topological polar surface area (TPSA) is 103 Å². The highest BCUT2D eigenvalue weighted by atomic mass is 16.5. The van der Waals surface area contributed by atoms with E-state index in [1.165, 1.54) is 21.3 Å². The third-order valence-corrected chi connectivity index (χ3v) is 6.32. The predicted octanol–water partition coefficient (Wildman–Crippen LogP) is 2.87. The molecule has 0 saturated carbocycles. The summed E-state index contributed by atoms with van der Waals surface area (Å²) in [6.07, 6.45) is 2.29. The van der Waals surface area contributed by atoms with Crippen LogP contribution in [0.1, 0.15) is 44.6 Å². The lowest BCUT2D eigenvalue weighted by Crippen LogP contribution is -2.58. The van der Waals surface area contributed by atoms with Crippen LogP contribution in [0, 0.1) is 5.92 Å². The molecule has 3 rings (SSSR count). The van der Waals surface area contributed by atoms with Crippen molar-refractivity contribution in [3.63, 3.8) is 0 Å². The Morgan fingerprint density at radius 1 is 1.26 bits per heavy atom. The van der Waals surface area contributed by atoms with Gasteiger partial charge in [-0.1, -0.05) is 12.1 Å². The molecule has 0 aromatic heterocycles. The normalized spacial score (nSPS) is 28.1. The van der Waals surface area contributed by atoms with E-state index in [2.05, 4.69) is 5.32 Å². The van der Waals surface area contributed by atoms with Crippen molar-refractivity contribution >= 4 is 11.9 Å². The van der Waals surface area contributed by atoms with Gasteiger partial charge in [-0.2, -0.15) is 0 Å². The maximum absolute atomic E-state index is 12.8. The lowest BCUT2D eigenvalue weighted by Gasteiger charge is -2.47. The van der Waals surface area contributed by atoms with Crippen molar-refractivity contribution in [2.24, 2.45) is 5.92 Å². The van der Waals surface area contributed by atoms with Gasteiger partial charge in [-0.05, 0) is 39.2 Å². The van der Waals surface area contributed by atoms with Crippen LogP contribution in [-0.4, -0.2) is 56.6 Å². The van der Waals surface area contributed by atoms with E-state index in [-0.39, 0.29) is 11.7 Å². The van der Waals surface area contributed by atoms with Crippen LogP contribution in [0.5, 0.6) is 11.5 Å². The maximum Gasteiger partial charge on any atom is 0.336 e. The number of carboxylic acid groups (broad SMARTS) is 1. The van der Waals surface area contributed by atoms with Gasteiger partial charge in [0.1, 0.15) is 0 Å². The Bertz CT molecular complexity index is 875. The zero-order valence-corrected chi connectivity index (χ0v) is 18.7. The number of rotatable bonds is 7. The molecule has 1 saturated heterocycles. The summed E-state index contributed by atoms with van der Waals surface area (Å²) in [5.41, 5.74) is 0.557. The van der Waals surface area contributed by atoms with Crippen molar-refractivity contribution in [3.8, 4) is 11.5 Å². The van der Waals surface area contributed by atoms with Gasteiger partial charge in [0.25, 0.3) is 0 Å². The van der Waals surface area contributed by atoms with E-state index in [1.54, 1.807) is 25.1 Å². The second-order valence-electron chi connectivity index (χ2n) is 8.29. The number of ether oxygens (including phenoxy) is 4. The largest absolute Gasteiger partial charge is 0.493 e. The number of methoxy groups -OCH3 is 3. The molecule has 2 heterocycles. The molecule has 2 aliphatic rings. The van der Waals surface area contributed by atoms with Crippen LogP contribution >= 0.6 is 0 Å². The Labute approximate surface area is 182 Å². The summed E-state index contributed by atoms with van der Waals surface area (Å²) in [6, 6.07) is 5.27. The van der Waals surface area contributed by atoms with Crippen molar-refractivity contribution < 1.29 is 33.6 Å². The third-order valence-electron chi connectivity index (χ3n) is 6.32. The first-order valence-electron chi connectivity index (χ1n) is 10.4. The summed E-state index contributed by atoms with van der Waals surface area (Å²) >= 11 is 0. The number of allylic oxidation sites excluding steroid dienone is 1. The molecule has 1 aromatic carbocycles. The molecule has 1 fully saturated rings. The summed E-state index contributed by atoms with van der Waals surface area (Å²) in [4.78, 5) is 25.5. The van der Waals surface area contributed by atoms with Crippen molar-refractivity contribution in [2.45, 2.75) is 50.7 Å². The summed E-state index contributed by atoms with van der Waals surface area (Å²) < 4.78 is 21.9. The Hall–Kier alpha value is -2.74. The Morgan fingerprint density at radius 3 is 2.55 bits per heavy atom. The van der Waals surface area contributed by atoms with Gasteiger partial charge in [0.15, 0.2) is 11.5 Å². The fourth-order valence-corrected chi connectivity index (χ4v) is 5.09. The molecule has 0 bridgehead atoms. The van der Waals surface area contributed by atoms with Gasteiger partial charge in [-0.3, -0.25) is 4.79 Å². The van der Waals surface area contributed by atoms with E-state index in [1.807, 2.05) is 6.92 Å². The van der Waals surface area contributed by atoms with Crippen LogP contribution in [0.15, 0.2) is 29.5 Å². The highest BCUT2D eigenvalue weighted by Crippen LogP contribution is 2.50. The minimum absolute atomic E-state index is 0.0420. The van der Waals surface area contributed by atoms with Gasteiger partial charge in [-0.15, -0.1) is 0 Å². The summed E-state index contributed by atoms with van der Waals surface area (Å²) in [7, 11) is 4.30. The zero-order chi connectivity index (χ0) is 22.8. The van der Waals surface area contributed by atoms with Crippen molar-refractivity contribution in [1.82, 2.24) is 5.32 Å². The van der Waals surface area contributed by atoms with Gasteiger partial charge in [0.05, 0.1) is 44.5 Å². The SMILES string of the molecule is COC(=O)C1=C(C)NC(C)(CC2CCCO2)C(C(=O)O)C1c1cccc(OC)c1OC. The number of esters is 1. The van der Waals surface area contributed by atoms with Crippen molar-refractivity contribution in [2.75, 3.05) is 27.9 Å². The van der Waals surface area contributed by atoms with Gasteiger partial charge in [-0.25, -0.2) is 4.79 Å². The number of carbonyl (C=O) groups excluding carboxylic acids is 1. The third kappa shape index (κ3) is 4.21. The number of hydrogen-bond donors (Lipinski definition) is 2. The standard InChI is InChI=1S/C23H31NO7/c1-13-17(22(27)30-5)18(15-9-6-10-16(28-3)20(15)29-4)19(21(25)26)23(2,24-13)12-14-8-7-11-31-14/h6,9-10,14,18-19,24H,7-8,11-12H2,1-5H3,(H,25,26). The first kappa shape index (κ1) is 22.9. The highest BCUT2D eigenvalue weighted by molar-refractivity contribution is 5.93. The number of carbonyl (C=O) groups is 2. The van der Waals surface area contributed by atoms with Crippen LogP contribution in [0.25, 0.3) is 0 Å². The molecule has 2 N–H and O–H groups in total. The van der Waals surface area contributed by atoms with Gasteiger partial charge in [0, 0.05) is 23.8 Å². The number of carboxylic acids is 1. The van der Waals surface area contributed by atoms with Crippen LogP contribution in [-0.2, 0) is 19.1 Å². The van der Waals surface area contributed by atoms with E-state index in [0.29, 0.717) is 35.8 Å². The monoisotopic (exact) mass is 433 g/mol. The predicted molar refractivity (Wildman–Crippen MR) is 113 cm³/mol. The molecule has 0 spiro atoms. The molecule has 31 heavy (non-hydrogen) atoms. The van der Waals surface area contributed by atoms with E-state index in [0.717, 1.165) is 12.8 Å². The number of para-hydroxylation sites is 1. The van der Waals surface area contributed by atoms with E-state index in [9.17, 15) is 14.7 Å². The molecule has 8 nitrogen and oxygen atoms in total. The molecular formula is C23H31NO7. The summed E-state index contributed by atoms with van der Waals surface area (Å²) in [5, 5.41) is 13.7. The number of benzene rings is 1. The first-order valence-corrected chi connectivity index (χ1v) is 10.4. The number of hydrogen-bond acceptors (Lipinski definition) is 7. The average Bonchev–Trinajstić information content (AvgIpc) is 3.23. The van der Waals surface area contributed by atoms with E-state index < -0.39 is 29.3 Å². The van der Waals surface area contributed by atoms with Crippen LogP contribution in [0.4, 0.5) is 0 Å². The molecule has 0 radical (unpaired) electrons. The molecule has 0 amide bonds. The van der Waals surface area contributed by atoms with Gasteiger partial charge >= 0.3 is 11.9 Å². The Balaban J connectivity index is 2.23. The second kappa shape index (κ2) is 9.18. The smallest absolute Gasteiger partial charge is 0.336 e. The quantitative estimate of drug-likeness (QED) is 0.633. The minimum Gasteiger partial charge on any atom is -0.493 e. The fourth-order valence-electron chi connectivity index (χ4n) is 5.09. The average molecular weight is 434 g/mol.